The second kappa shape index (κ2) is 8.57. The number of sulfonamides is 1. The van der Waals surface area contributed by atoms with Gasteiger partial charge < -0.3 is 14.5 Å². The number of carbonyl (C=O) groups excluding carboxylic acids is 1. The maximum absolute atomic E-state index is 12.8. The maximum Gasteiger partial charge on any atom is 0.253 e. The van der Waals surface area contributed by atoms with Gasteiger partial charge in [0.1, 0.15) is 5.65 Å². The molecule has 0 radical (unpaired) electrons. The zero-order valence-corrected chi connectivity index (χ0v) is 18.7. The predicted octanol–water partition coefficient (Wildman–Crippen LogP) is 2.36. The standard InChI is InChI=1S/C22H28N4O4S/c1-17(13-24-21(27)19-5-6-20-23-9-10-25(20)14-19)3-4-18(2)31(28,29)26-15-22(16-26)7-11-30-12-8-22/h3-6,9-10,14H,7-8,11-13,15-16H2,1-2H3,(H,24,27). The van der Waals surface area contributed by atoms with Crippen LogP contribution in [0.2, 0.25) is 0 Å². The van der Waals surface area contributed by atoms with Crippen LogP contribution in [0.5, 0.6) is 0 Å². The van der Waals surface area contributed by atoms with Crippen LogP contribution in [0.4, 0.5) is 0 Å². The number of carbonyl (C=O) groups is 1. The summed E-state index contributed by atoms with van der Waals surface area (Å²) in [7, 11) is -3.45. The van der Waals surface area contributed by atoms with Gasteiger partial charge in [0.05, 0.1) is 10.5 Å². The summed E-state index contributed by atoms with van der Waals surface area (Å²) < 4.78 is 34.4. The van der Waals surface area contributed by atoms with Crippen molar-refractivity contribution in [3.8, 4) is 0 Å². The first-order valence-corrected chi connectivity index (χ1v) is 11.9. The highest BCUT2D eigenvalue weighted by atomic mass is 32.2. The summed E-state index contributed by atoms with van der Waals surface area (Å²) in [6.07, 6.45) is 10.4. The van der Waals surface area contributed by atoms with Crippen molar-refractivity contribution in [2.24, 2.45) is 5.41 Å². The number of ether oxygens (including phenoxy) is 1. The molecule has 8 nitrogen and oxygen atoms in total. The summed E-state index contributed by atoms with van der Waals surface area (Å²) >= 11 is 0. The molecule has 1 spiro atoms. The molecule has 0 saturated carbocycles. The number of hydrogen-bond acceptors (Lipinski definition) is 5. The van der Waals surface area contributed by atoms with E-state index in [0.717, 1.165) is 24.1 Å². The summed E-state index contributed by atoms with van der Waals surface area (Å²) in [5.41, 5.74) is 2.27. The smallest absolute Gasteiger partial charge is 0.253 e. The van der Waals surface area contributed by atoms with Crippen LogP contribution in [0.3, 0.4) is 0 Å². The van der Waals surface area contributed by atoms with Gasteiger partial charge in [-0.3, -0.25) is 4.79 Å². The summed E-state index contributed by atoms with van der Waals surface area (Å²) in [6.45, 7) is 6.38. The highest BCUT2D eigenvalue weighted by Gasteiger charge is 2.48. The number of pyridine rings is 1. The summed E-state index contributed by atoms with van der Waals surface area (Å²) in [5, 5.41) is 2.86. The van der Waals surface area contributed by atoms with Crippen LogP contribution < -0.4 is 5.32 Å². The van der Waals surface area contributed by atoms with E-state index in [1.165, 1.54) is 0 Å². The minimum Gasteiger partial charge on any atom is -0.381 e. The van der Waals surface area contributed by atoms with Crippen LogP contribution in [-0.4, -0.2) is 60.9 Å². The Bertz CT molecular complexity index is 1140. The van der Waals surface area contributed by atoms with E-state index in [2.05, 4.69) is 10.3 Å². The lowest BCUT2D eigenvalue weighted by molar-refractivity contribution is -0.0473. The molecule has 4 rings (SSSR count). The third kappa shape index (κ3) is 4.58. The average Bonchev–Trinajstić information content (AvgIpc) is 3.22. The second-order valence-corrected chi connectivity index (χ2v) is 10.6. The monoisotopic (exact) mass is 444 g/mol. The largest absolute Gasteiger partial charge is 0.381 e. The highest BCUT2D eigenvalue weighted by Crippen LogP contribution is 2.42. The van der Waals surface area contributed by atoms with Crippen LogP contribution >= 0.6 is 0 Å². The van der Waals surface area contributed by atoms with Crippen LogP contribution in [0, 0.1) is 5.41 Å². The molecule has 1 N–H and O–H groups in total. The van der Waals surface area contributed by atoms with Gasteiger partial charge in [0.15, 0.2) is 0 Å². The van der Waals surface area contributed by atoms with E-state index in [4.69, 9.17) is 4.74 Å². The molecule has 0 unspecified atom stereocenters. The topological polar surface area (TPSA) is 93.0 Å². The van der Waals surface area contributed by atoms with E-state index < -0.39 is 10.0 Å². The molecule has 2 aromatic rings. The van der Waals surface area contributed by atoms with E-state index in [-0.39, 0.29) is 11.3 Å². The number of aromatic nitrogens is 2. The predicted molar refractivity (Wildman–Crippen MR) is 118 cm³/mol. The zero-order chi connectivity index (χ0) is 22.1. The zero-order valence-electron chi connectivity index (χ0n) is 17.9. The van der Waals surface area contributed by atoms with Gasteiger partial charge in [0, 0.05) is 56.9 Å². The molecule has 4 heterocycles. The average molecular weight is 445 g/mol. The lowest BCUT2D eigenvalue weighted by Gasteiger charge is -2.51. The minimum atomic E-state index is -3.45. The molecule has 2 saturated heterocycles. The molecule has 0 aliphatic carbocycles. The van der Waals surface area contributed by atoms with Gasteiger partial charge in [-0.1, -0.05) is 11.6 Å². The number of rotatable bonds is 6. The fraction of sp³-hybridized carbons (Fsp3) is 0.455. The molecule has 0 atom stereocenters. The number of allylic oxidation sites excluding steroid dienone is 3. The van der Waals surface area contributed by atoms with E-state index in [1.807, 2.05) is 6.92 Å². The molecule has 9 heteroatoms. The third-order valence-electron chi connectivity index (χ3n) is 6.11. The lowest BCUT2D eigenvalue weighted by atomic mass is 9.75. The molecule has 2 fully saturated rings. The molecule has 0 bridgehead atoms. The number of nitrogens with one attached hydrogen (secondary N) is 1. The van der Waals surface area contributed by atoms with Crippen LogP contribution in [0.15, 0.2) is 53.4 Å². The van der Waals surface area contributed by atoms with E-state index >= 15 is 0 Å². The Kier molecular flexibility index (Phi) is 6.00. The number of nitrogens with zero attached hydrogens (tertiary/aromatic N) is 3. The molecule has 0 aromatic carbocycles. The normalized spacial score (nSPS) is 20.1. The Balaban J connectivity index is 1.32. The van der Waals surface area contributed by atoms with Crippen molar-refractivity contribution in [2.45, 2.75) is 26.7 Å². The van der Waals surface area contributed by atoms with E-state index in [1.54, 1.807) is 58.5 Å². The minimum absolute atomic E-state index is 0.0986. The van der Waals surface area contributed by atoms with Crippen LogP contribution in [0.25, 0.3) is 5.65 Å². The molecular formula is C22H28N4O4S. The van der Waals surface area contributed by atoms with Crippen molar-refractivity contribution < 1.29 is 17.9 Å². The van der Waals surface area contributed by atoms with Gasteiger partial charge in [0.25, 0.3) is 5.91 Å². The second-order valence-electron chi connectivity index (χ2n) is 8.47. The summed E-state index contributed by atoms with van der Waals surface area (Å²) in [6, 6.07) is 3.51. The Morgan fingerprint density at radius 3 is 2.71 bits per heavy atom. The Labute approximate surface area is 182 Å². The first kappa shape index (κ1) is 21.7. The van der Waals surface area contributed by atoms with E-state index in [9.17, 15) is 13.2 Å². The van der Waals surface area contributed by atoms with Gasteiger partial charge in [-0.15, -0.1) is 0 Å². The van der Waals surface area contributed by atoms with Gasteiger partial charge in [-0.2, -0.15) is 4.31 Å². The van der Waals surface area contributed by atoms with Gasteiger partial charge in [-0.05, 0) is 44.9 Å². The molecule has 2 aliphatic rings. The van der Waals surface area contributed by atoms with Crippen molar-refractivity contribution in [3.05, 3.63) is 58.9 Å². The summed E-state index contributed by atoms with van der Waals surface area (Å²) in [4.78, 5) is 16.9. The number of fused-ring (bicyclic) bond motifs is 1. The summed E-state index contributed by atoms with van der Waals surface area (Å²) in [5.74, 6) is -0.195. The number of amides is 1. The highest BCUT2D eigenvalue weighted by molar-refractivity contribution is 7.93. The molecule has 1 amide bonds. The molecule has 2 aromatic heterocycles. The van der Waals surface area contributed by atoms with Gasteiger partial charge in [-0.25, -0.2) is 13.4 Å². The van der Waals surface area contributed by atoms with Gasteiger partial charge >= 0.3 is 0 Å². The number of imidazole rings is 1. The van der Waals surface area contributed by atoms with Crippen molar-refractivity contribution in [1.29, 1.82) is 0 Å². The number of hydrogen-bond donors (Lipinski definition) is 1. The molecule has 2 aliphatic heterocycles. The Hall–Kier alpha value is -2.49. The Morgan fingerprint density at radius 2 is 1.97 bits per heavy atom. The fourth-order valence-corrected chi connectivity index (χ4v) is 5.51. The van der Waals surface area contributed by atoms with Crippen molar-refractivity contribution in [2.75, 3.05) is 32.8 Å². The molecule has 31 heavy (non-hydrogen) atoms. The first-order chi connectivity index (χ1) is 14.8. The molecular weight excluding hydrogens is 416 g/mol. The first-order valence-electron chi connectivity index (χ1n) is 10.4. The van der Waals surface area contributed by atoms with Crippen molar-refractivity contribution >= 4 is 21.6 Å². The van der Waals surface area contributed by atoms with Crippen molar-refractivity contribution in [3.63, 3.8) is 0 Å². The van der Waals surface area contributed by atoms with Crippen LogP contribution in [-0.2, 0) is 14.8 Å². The maximum atomic E-state index is 12.8. The quantitative estimate of drug-likeness (QED) is 0.691. The van der Waals surface area contributed by atoms with E-state index in [0.29, 0.717) is 43.3 Å². The fourth-order valence-electron chi connectivity index (χ4n) is 3.98. The molecule has 166 valence electrons. The third-order valence-corrected chi connectivity index (χ3v) is 7.99. The van der Waals surface area contributed by atoms with Gasteiger partial charge in [0.2, 0.25) is 10.0 Å². The lowest BCUT2D eigenvalue weighted by Crippen LogP contribution is -2.60. The van der Waals surface area contributed by atoms with Crippen LogP contribution in [0.1, 0.15) is 37.0 Å². The Morgan fingerprint density at radius 1 is 1.23 bits per heavy atom. The van der Waals surface area contributed by atoms with Crippen molar-refractivity contribution in [1.82, 2.24) is 19.0 Å². The SMILES string of the molecule is CC(=CC=C(C)S(=O)(=O)N1CC2(CCOCC2)C1)CNC(=O)c1ccc2nccn2c1.